The number of benzene rings is 3. The van der Waals surface area contributed by atoms with Crippen molar-refractivity contribution < 1.29 is 19.1 Å². The van der Waals surface area contributed by atoms with Gasteiger partial charge in [-0.25, -0.2) is 0 Å². The van der Waals surface area contributed by atoms with Gasteiger partial charge in [0.1, 0.15) is 5.92 Å². The zero-order valence-corrected chi connectivity index (χ0v) is 22.8. The Morgan fingerprint density at radius 2 is 1.43 bits per heavy atom. The van der Waals surface area contributed by atoms with Crippen LogP contribution in [0, 0.1) is 12.8 Å². The molecule has 0 N–H and O–H groups in total. The highest BCUT2D eigenvalue weighted by atomic mass is 79.9. The van der Waals surface area contributed by atoms with Crippen LogP contribution >= 0.6 is 15.9 Å². The summed E-state index contributed by atoms with van der Waals surface area (Å²) in [6.07, 6.45) is 2.85. The Bertz CT molecular complexity index is 1220. The second-order valence-electron chi connectivity index (χ2n) is 9.58. The van der Waals surface area contributed by atoms with Crippen LogP contribution in [-0.2, 0) is 14.3 Å². The maximum Gasteiger partial charge on any atom is 0.318 e. The summed E-state index contributed by atoms with van der Waals surface area (Å²) in [6, 6.07) is 24.4. The number of ketones is 1. The topological polar surface area (TPSA) is 63.7 Å². The fourth-order valence-electron chi connectivity index (χ4n) is 5.18. The van der Waals surface area contributed by atoms with E-state index in [0.29, 0.717) is 18.7 Å². The number of halogens is 1. The third kappa shape index (κ3) is 6.19. The molecule has 0 aromatic heterocycles. The van der Waals surface area contributed by atoms with Crippen molar-refractivity contribution in [2.45, 2.75) is 38.0 Å². The lowest BCUT2D eigenvalue weighted by atomic mass is 9.70. The van der Waals surface area contributed by atoms with Crippen LogP contribution < -0.4 is 0 Å². The van der Waals surface area contributed by atoms with Crippen molar-refractivity contribution in [3.8, 4) is 0 Å². The fraction of sp³-hybridized carbons (Fsp3) is 0.323. The lowest BCUT2D eigenvalue weighted by molar-refractivity contribution is -0.155. The minimum atomic E-state index is -1.16. The van der Waals surface area contributed by atoms with E-state index in [9.17, 15) is 14.4 Å². The molecule has 0 saturated carbocycles. The molecule has 3 aromatic rings. The molecular formula is C31H32BrNO4. The Morgan fingerprint density at radius 1 is 0.811 bits per heavy atom. The van der Waals surface area contributed by atoms with Crippen molar-refractivity contribution in [3.63, 3.8) is 0 Å². The van der Waals surface area contributed by atoms with E-state index in [-0.39, 0.29) is 11.7 Å². The number of hydrogen-bond acceptors (Lipinski definition) is 4. The number of nitrogens with zero attached hydrogens (tertiary/aromatic N) is 1. The number of amides is 1. The van der Waals surface area contributed by atoms with E-state index >= 15 is 0 Å². The molecule has 3 aromatic carbocycles. The van der Waals surface area contributed by atoms with Gasteiger partial charge in [0.15, 0.2) is 5.78 Å². The van der Waals surface area contributed by atoms with Gasteiger partial charge in [-0.1, -0.05) is 88.2 Å². The molecule has 192 valence electrons. The maximum atomic E-state index is 14.3. The van der Waals surface area contributed by atoms with Gasteiger partial charge in [0.2, 0.25) is 5.91 Å². The highest BCUT2D eigenvalue weighted by Crippen LogP contribution is 2.43. The first-order valence-corrected chi connectivity index (χ1v) is 13.5. The minimum absolute atomic E-state index is 0.139. The number of piperidine rings is 1. The molecule has 0 radical (unpaired) electrons. The summed E-state index contributed by atoms with van der Waals surface area (Å²) in [7, 11) is 1.30. The predicted octanol–water partition coefficient (Wildman–Crippen LogP) is 6.31. The van der Waals surface area contributed by atoms with Gasteiger partial charge in [0, 0.05) is 29.0 Å². The Labute approximate surface area is 227 Å². The monoisotopic (exact) mass is 561 g/mol. The minimum Gasteiger partial charge on any atom is -0.468 e. The van der Waals surface area contributed by atoms with Gasteiger partial charge in [-0.2, -0.15) is 0 Å². The van der Waals surface area contributed by atoms with Gasteiger partial charge < -0.3 is 9.64 Å². The van der Waals surface area contributed by atoms with Gasteiger partial charge in [0.05, 0.1) is 13.0 Å². The Kier molecular flexibility index (Phi) is 8.93. The lowest BCUT2D eigenvalue weighted by Crippen LogP contribution is -2.46. The Hall–Kier alpha value is -3.25. The summed E-state index contributed by atoms with van der Waals surface area (Å²) >= 11 is 3.49. The number of methoxy groups -OCH3 is 1. The van der Waals surface area contributed by atoms with Gasteiger partial charge in [-0.3, -0.25) is 14.4 Å². The van der Waals surface area contributed by atoms with Gasteiger partial charge >= 0.3 is 5.97 Å². The molecule has 1 fully saturated rings. The number of rotatable bonds is 8. The van der Waals surface area contributed by atoms with Crippen molar-refractivity contribution in [1.29, 1.82) is 0 Å². The zero-order chi connectivity index (χ0) is 26.4. The van der Waals surface area contributed by atoms with Gasteiger partial charge in [-0.15, -0.1) is 0 Å². The maximum absolute atomic E-state index is 14.3. The summed E-state index contributed by atoms with van der Waals surface area (Å²) in [5.74, 6) is -3.74. The van der Waals surface area contributed by atoms with Crippen LogP contribution in [0.3, 0.4) is 0 Å². The zero-order valence-electron chi connectivity index (χ0n) is 21.2. The average Bonchev–Trinajstić information content (AvgIpc) is 2.94. The number of likely N-dealkylation sites (tertiary alicyclic amines) is 1. The fourth-order valence-corrected chi connectivity index (χ4v) is 5.45. The third-order valence-electron chi connectivity index (χ3n) is 7.14. The first-order valence-electron chi connectivity index (χ1n) is 12.7. The lowest BCUT2D eigenvalue weighted by Gasteiger charge is -2.36. The van der Waals surface area contributed by atoms with Crippen molar-refractivity contribution in [3.05, 3.63) is 106 Å². The molecule has 37 heavy (non-hydrogen) atoms. The van der Waals surface area contributed by atoms with E-state index in [1.54, 1.807) is 4.90 Å². The van der Waals surface area contributed by atoms with E-state index in [0.717, 1.165) is 40.4 Å². The van der Waals surface area contributed by atoms with Crippen molar-refractivity contribution >= 4 is 33.6 Å². The molecule has 1 amide bonds. The van der Waals surface area contributed by atoms with Crippen LogP contribution in [0.1, 0.15) is 58.1 Å². The third-order valence-corrected chi connectivity index (χ3v) is 7.67. The van der Waals surface area contributed by atoms with E-state index < -0.39 is 23.7 Å². The number of Topliss-reactive ketones (excluding diaryl/α,β-unsaturated/α-hetero) is 1. The van der Waals surface area contributed by atoms with Crippen LogP contribution in [0.4, 0.5) is 0 Å². The summed E-state index contributed by atoms with van der Waals surface area (Å²) < 4.78 is 6.10. The molecule has 3 unspecified atom stereocenters. The molecule has 0 bridgehead atoms. The molecule has 1 aliphatic rings. The first kappa shape index (κ1) is 26.8. The van der Waals surface area contributed by atoms with Crippen LogP contribution in [-0.4, -0.2) is 42.8 Å². The first-order chi connectivity index (χ1) is 17.9. The average molecular weight is 563 g/mol. The second kappa shape index (κ2) is 12.3. The summed E-state index contributed by atoms with van der Waals surface area (Å²) in [4.78, 5) is 43.5. The van der Waals surface area contributed by atoms with E-state index in [1.807, 2.05) is 85.8 Å². The molecule has 6 heteroatoms. The standard InChI is InChI=1S/C31H32BrNO4/c1-21-11-13-24(14-12-21)29(34)27(22-9-5-3-6-10-22)26(23-15-17-25(32)18-16-23)28(31(36)37-2)30(35)33-19-7-4-8-20-33/h3,5-6,9-18,26-28H,4,7-8,19-20H2,1-2H3. The SMILES string of the molecule is COC(=O)C(C(=O)N1CCCCC1)C(c1ccc(Br)cc1)C(C(=O)c1ccc(C)cc1)c1ccccc1. The quantitative estimate of drug-likeness (QED) is 0.183. The highest BCUT2D eigenvalue weighted by Gasteiger charge is 2.46. The normalized spacial score (nSPS) is 15.9. The molecule has 1 aliphatic heterocycles. The Balaban J connectivity index is 1.91. The van der Waals surface area contributed by atoms with E-state index in [2.05, 4.69) is 15.9 Å². The summed E-state index contributed by atoms with van der Waals surface area (Å²) in [5.41, 5.74) is 3.07. The van der Waals surface area contributed by atoms with Crippen LogP contribution in [0.25, 0.3) is 0 Å². The molecule has 5 nitrogen and oxygen atoms in total. The van der Waals surface area contributed by atoms with Crippen molar-refractivity contribution in [2.24, 2.45) is 5.92 Å². The number of hydrogen-bond donors (Lipinski definition) is 0. The van der Waals surface area contributed by atoms with Gasteiger partial charge in [-0.05, 0) is 49.4 Å². The van der Waals surface area contributed by atoms with Crippen molar-refractivity contribution in [2.75, 3.05) is 20.2 Å². The van der Waals surface area contributed by atoms with Crippen molar-refractivity contribution in [1.82, 2.24) is 4.90 Å². The molecule has 3 atom stereocenters. The van der Waals surface area contributed by atoms with E-state index in [4.69, 9.17) is 4.74 Å². The molecule has 0 spiro atoms. The number of carbonyl (C=O) groups excluding carboxylic acids is 3. The second-order valence-corrected chi connectivity index (χ2v) is 10.5. The number of aryl methyl sites for hydroxylation is 1. The molecular weight excluding hydrogens is 530 g/mol. The smallest absolute Gasteiger partial charge is 0.318 e. The molecule has 0 aliphatic carbocycles. The number of carbonyl (C=O) groups is 3. The van der Waals surface area contributed by atoms with E-state index in [1.165, 1.54) is 7.11 Å². The van der Waals surface area contributed by atoms with Crippen LogP contribution in [0.15, 0.2) is 83.3 Å². The molecule has 4 rings (SSSR count). The number of esters is 1. The Morgan fingerprint density at radius 3 is 2.03 bits per heavy atom. The van der Waals surface area contributed by atoms with Gasteiger partial charge in [0.25, 0.3) is 0 Å². The van der Waals surface area contributed by atoms with Crippen LogP contribution in [0.2, 0.25) is 0 Å². The molecule has 1 heterocycles. The summed E-state index contributed by atoms with van der Waals surface area (Å²) in [5, 5.41) is 0. The predicted molar refractivity (Wildman–Crippen MR) is 148 cm³/mol. The summed E-state index contributed by atoms with van der Waals surface area (Å²) in [6.45, 7) is 3.17. The highest BCUT2D eigenvalue weighted by molar-refractivity contribution is 9.10. The largest absolute Gasteiger partial charge is 0.468 e. The van der Waals surface area contributed by atoms with Crippen LogP contribution in [0.5, 0.6) is 0 Å². The number of ether oxygens (including phenoxy) is 1. The molecule has 1 saturated heterocycles.